The molecule has 0 spiro atoms. The van der Waals surface area contributed by atoms with Crippen LogP contribution in [0.1, 0.15) is 43.6 Å². The molecule has 1 aromatic carbocycles. The van der Waals surface area contributed by atoms with Crippen LogP contribution in [0.15, 0.2) is 47.6 Å². The van der Waals surface area contributed by atoms with Crippen molar-refractivity contribution < 1.29 is 8.42 Å². The van der Waals surface area contributed by atoms with Crippen LogP contribution in [0.3, 0.4) is 0 Å². The maximum Gasteiger partial charge on any atom is 0.243 e. The Morgan fingerprint density at radius 2 is 1.89 bits per heavy atom. The van der Waals surface area contributed by atoms with Crippen LogP contribution < -0.4 is 0 Å². The van der Waals surface area contributed by atoms with Gasteiger partial charge in [0, 0.05) is 31.2 Å². The monoisotopic (exact) mass is 384 g/mol. The van der Waals surface area contributed by atoms with E-state index in [0.29, 0.717) is 18.0 Å². The molecule has 3 aromatic rings. The molecular formula is C20H24N4O2S. The van der Waals surface area contributed by atoms with Gasteiger partial charge in [0.25, 0.3) is 0 Å². The van der Waals surface area contributed by atoms with E-state index in [1.807, 2.05) is 31.3 Å². The second-order valence-corrected chi connectivity index (χ2v) is 9.40. The van der Waals surface area contributed by atoms with Crippen LogP contribution in [-0.2, 0) is 10.0 Å². The third kappa shape index (κ3) is 3.15. The maximum atomic E-state index is 13.0. The molecule has 0 amide bonds. The molecule has 0 N–H and O–H groups in total. The Kier molecular flexibility index (Phi) is 4.52. The van der Waals surface area contributed by atoms with Crippen molar-refractivity contribution in [1.29, 1.82) is 0 Å². The molecule has 3 heterocycles. The van der Waals surface area contributed by atoms with Crippen LogP contribution in [0.5, 0.6) is 0 Å². The zero-order valence-corrected chi connectivity index (χ0v) is 16.6. The lowest BCUT2D eigenvalue weighted by Gasteiger charge is -2.19. The molecule has 0 bridgehead atoms. The smallest absolute Gasteiger partial charge is 0.243 e. The molecule has 1 saturated heterocycles. The predicted molar refractivity (Wildman–Crippen MR) is 105 cm³/mol. The first kappa shape index (κ1) is 18.1. The van der Waals surface area contributed by atoms with E-state index in [-0.39, 0.29) is 12.0 Å². The predicted octanol–water partition coefficient (Wildman–Crippen LogP) is 3.50. The third-order valence-electron chi connectivity index (χ3n) is 5.21. The van der Waals surface area contributed by atoms with E-state index in [4.69, 9.17) is 4.98 Å². The number of benzene rings is 1. The quantitative estimate of drug-likeness (QED) is 0.690. The van der Waals surface area contributed by atoms with E-state index < -0.39 is 10.0 Å². The largest absolute Gasteiger partial charge is 0.324 e. The van der Waals surface area contributed by atoms with Crippen LogP contribution in [-0.4, -0.2) is 40.3 Å². The van der Waals surface area contributed by atoms with Crippen LogP contribution >= 0.6 is 0 Å². The first-order chi connectivity index (χ1) is 12.9. The van der Waals surface area contributed by atoms with Crippen molar-refractivity contribution in [2.75, 3.05) is 13.1 Å². The minimum atomic E-state index is -3.48. The van der Waals surface area contributed by atoms with Gasteiger partial charge in [0.2, 0.25) is 10.0 Å². The Morgan fingerprint density at radius 1 is 1.15 bits per heavy atom. The molecule has 1 aliphatic rings. The normalized spacial score (nSPS) is 18.6. The Balaban J connectivity index is 1.66. The lowest BCUT2D eigenvalue weighted by Crippen LogP contribution is -2.29. The molecule has 0 saturated carbocycles. The minimum absolute atomic E-state index is 0.0834. The second-order valence-electron chi connectivity index (χ2n) is 7.46. The highest BCUT2D eigenvalue weighted by Crippen LogP contribution is 2.34. The number of pyridine rings is 1. The average molecular weight is 385 g/mol. The summed E-state index contributed by atoms with van der Waals surface area (Å²) >= 11 is 0. The number of nitrogens with zero attached hydrogens (tertiary/aromatic N) is 4. The summed E-state index contributed by atoms with van der Waals surface area (Å²) in [5.74, 6) is 1.04. The van der Waals surface area contributed by atoms with E-state index >= 15 is 0 Å². The van der Waals surface area contributed by atoms with Gasteiger partial charge < -0.3 is 4.57 Å². The number of fused-ring (bicyclic) bond motifs is 1. The van der Waals surface area contributed by atoms with Gasteiger partial charge in [0.1, 0.15) is 5.82 Å². The zero-order chi connectivity index (χ0) is 19.2. The van der Waals surface area contributed by atoms with E-state index in [1.54, 1.807) is 22.6 Å². The van der Waals surface area contributed by atoms with E-state index in [0.717, 1.165) is 28.8 Å². The van der Waals surface area contributed by atoms with Crippen LogP contribution in [0.25, 0.3) is 11.0 Å². The van der Waals surface area contributed by atoms with Crippen molar-refractivity contribution in [1.82, 2.24) is 18.8 Å². The van der Waals surface area contributed by atoms with E-state index in [1.165, 1.54) is 0 Å². The van der Waals surface area contributed by atoms with Gasteiger partial charge in [0.15, 0.2) is 0 Å². The van der Waals surface area contributed by atoms with Crippen LogP contribution in [0.4, 0.5) is 0 Å². The summed E-state index contributed by atoms with van der Waals surface area (Å²) in [4.78, 5) is 9.40. The fourth-order valence-corrected chi connectivity index (χ4v) is 5.31. The van der Waals surface area contributed by atoms with Crippen LogP contribution in [0.2, 0.25) is 0 Å². The second kappa shape index (κ2) is 6.73. The van der Waals surface area contributed by atoms with Crippen molar-refractivity contribution in [3.63, 3.8) is 0 Å². The summed E-state index contributed by atoms with van der Waals surface area (Å²) in [7, 11) is -3.48. The minimum Gasteiger partial charge on any atom is -0.324 e. The summed E-state index contributed by atoms with van der Waals surface area (Å²) in [5, 5.41) is 0. The number of sulfonamides is 1. The van der Waals surface area contributed by atoms with Gasteiger partial charge in [-0.1, -0.05) is 17.7 Å². The standard InChI is InChI=1S/C20H24N4O2S/c1-14(2)24-19-12-21-10-8-18(19)22-20(24)16-9-11-23(13-16)27(25,26)17-6-4-15(3)5-7-17/h4-8,10,12,14,16H,9,11,13H2,1-3H3/t16-/m1/s1. The van der Waals surface area contributed by atoms with Crippen molar-refractivity contribution in [2.45, 2.75) is 44.0 Å². The van der Waals surface area contributed by atoms with Gasteiger partial charge in [0.05, 0.1) is 22.1 Å². The van der Waals surface area contributed by atoms with E-state index in [2.05, 4.69) is 23.4 Å². The lowest BCUT2D eigenvalue weighted by atomic mass is 10.1. The summed E-state index contributed by atoms with van der Waals surface area (Å²) in [6, 6.07) is 9.20. The van der Waals surface area contributed by atoms with Gasteiger partial charge >= 0.3 is 0 Å². The molecule has 2 aromatic heterocycles. The zero-order valence-electron chi connectivity index (χ0n) is 15.8. The fourth-order valence-electron chi connectivity index (χ4n) is 3.81. The molecule has 0 aliphatic carbocycles. The molecular weight excluding hydrogens is 360 g/mol. The molecule has 27 heavy (non-hydrogen) atoms. The number of aromatic nitrogens is 3. The number of hydrogen-bond acceptors (Lipinski definition) is 4. The fraction of sp³-hybridized carbons (Fsp3) is 0.400. The summed E-state index contributed by atoms with van der Waals surface area (Å²) < 4.78 is 29.8. The number of rotatable bonds is 4. The summed E-state index contributed by atoms with van der Waals surface area (Å²) in [6.07, 6.45) is 4.35. The molecule has 7 heteroatoms. The van der Waals surface area contributed by atoms with Crippen molar-refractivity contribution in [2.24, 2.45) is 0 Å². The summed E-state index contributed by atoms with van der Waals surface area (Å²) in [5.41, 5.74) is 2.96. The molecule has 1 atom stereocenters. The van der Waals surface area contributed by atoms with Gasteiger partial charge in [-0.2, -0.15) is 4.31 Å². The molecule has 4 rings (SSSR count). The molecule has 142 valence electrons. The maximum absolute atomic E-state index is 13.0. The Hall–Kier alpha value is -2.25. The van der Waals surface area contributed by atoms with Gasteiger partial charge in [-0.15, -0.1) is 0 Å². The molecule has 1 fully saturated rings. The Morgan fingerprint density at radius 3 is 2.59 bits per heavy atom. The molecule has 0 unspecified atom stereocenters. The van der Waals surface area contributed by atoms with Crippen molar-refractivity contribution >= 4 is 21.1 Å². The number of imidazole rings is 1. The Bertz CT molecular complexity index is 1070. The Labute approximate surface area is 159 Å². The first-order valence-corrected chi connectivity index (χ1v) is 10.7. The summed E-state index contributed by atoms with van der Waals surface area (Å²) in [6.45, 7) is 7.16. The van der Waals surface area contributed by atoms with E-state index in [9.17, 15) is 8.42 Å². The average Bonchev–Trinajstić information content (AvgIpc) is 3.27. The van der Waals surface area contributed by atoms with Crippen molar-refractivity contribution in [3.05, 3.63) is 54.1 Å². The lowest BCUT2D eigenvalue weighted by molar-refractivity contribution is 0.466. The molecule has 0 radical (unpaired) electrons. The SMILES string of the molecule is Cc1ccc(S(=O)(=O)N2CC[C@@H](c3nc4ccncc4n3C(C)C)C2)cc1. The highest BCUT2D eigenvalue weighted by molar-refractivity contribution is 7.89. The van der Waals surface area contributed by atoms with Crippen LogP contribution in [0, 0.1) is 6.92 Å². The molecule has 6 nitrogen and oxygen atoms in total. The van der Waals surface area contributed by atoms with Gasteiger partial charge in [-0.3, -0.25) is 4.98 Å². The highest BCUT2D eigenvalue weighted by atomic mass is 32.2. The highest BCUT2D eigenvalue weighted by Gasteiger charge is 2.35. The number of hydrogen-bond donors (Lipinski definition) is 0. The van der Waals surface area contributed by atoms with Crippen molar-refractivity contribution in [3.8, 4) is 0 Å². The number of aryl methyl sites for hydroxylation is 1. The topological polar surface area (TPSA) is 68.1 Å². The third-order valence-corrected chi connectivity index (χ3v) is 7.09. The van der Waals surface area contributed by atoms with Gasteiger partial charge in [-0.25, -0.2) is 13.4 Å². The molecule has 1 aliphatic heterocycles. The van der Waals surface area contributed by atoms with Gasteiger partial charge in [-0.05, 0) is 45.4 Å². The first-order valence-electron chi connectivity index (χ1n) is 9.26.